The maximum absolute atomic E-state index is 13.1. The van der Waals surface area contributed by atoms with Crippen LogP contribution in [-0.2, 0) is 4.79 Å². The van der Waals surface area contributed by atoms with Gasteiger partial charge in [-0.15, -0.1) is 11.8 Å². The molecule has 0 atom stereocenters. The number of amides is 1. The third-order valence-corrected chi connectivity index (χ3v) is 4.66. The Morgan fingerprint density at radius 3 is 2.61 bits per heavy atom. The minimum atomic E-state index is -0.378. The molecule has 116 valence electrons. The van der Waals surface area contributed by atoms with Gasteiger partial charge in [-0.1, -0.05) is 41.9 Å². The van der Waals surface area contributed by atoms with Gasteiger partial charge in [0.05, 0.1) is 5.75 Å². The summed E-state index contributed by atoms with van der Waals surface area (Å²) in [5.41, 5.74) is 0.451. The molecule has 3 aromatic rings. The van der Waals surface area contributed by atoms with Crippen molar-refractivity contribution in [3.05, 3.63) is 71.5 Å². The monoisotopic (exact) mass is 345 g/mol. The first-order chi connectivity index (χ1) is 11.1. The van der Waals surface area contributed by atoms with Gasteiger partial charge >= 0.3 is 0 Å². The fourth-order valence-corrected chi connectivity index (χ4v) is 3.53. The zero-order valence-corrected chi connectivity index (χ0v) is 13.6. The molecule has 23 heavy (non-hydrogen) atoms. The van der Waals surface area contributed by atoms with E-state index in [1.54, 1.807) is 12.1 Å². The first-order valence-electron chi connectivity index (χ1n) is 6.99. The first-order valence-corrected chi connectivity index (χ1v) is 8.35. The Kier molecular flexibility index (Phi) is 4.84. The molecule has 1 N–H and O–H groups in total. The SMILES string of the molecule is O=C(CSc1cccc2cccc(Cl)c12)Nc1cccc(F)c1. The Labute approximate surface area is 142 Å². The maximum Gasteiger partial charge on any atom is 0.234 e. The molecule has 0 fully saturated rings. The van der Waals surface area contributed by atoms with E-state index in [2.05, 4.69) is 5.32 Å². The molecule has 5 heteroatoms. The number of fused-ring (bicyclic) bond motifs is 1. The number of carbonyl (C=O) groups excluding carboxylic acids is 1. The lowest BCUT2D eigenvalue weighted by Crippen LogP contribution is -2.14. The van der Waals surface area contributed by atoms with Crippen LogP contribution in [0.1, 0.15) is 0 Å². The zero-order chi connectivity index (χ0) is 16.2. The second kappa shape index (κ2) is 7.02. The van der Waals surface area contributed by atoms with Crippen molar-refractivity contribution in [3.63, 3.8) is 0 Å². The molecular weight excluding hydrogens is 333 g/mol. The van der Waals surface area contributed by atoms with Crippen molar-refractivity contribution < 1.29 is 9.18 Å². The quantitative estimate of drug-likeness (QED) is 0.645. The predicted molar refractivity (Wildman–Crippen MR) is 94.7 cm³/mol. The second-order valence-electron chi connectivity index (χ2n) is 4.94. The van der Waals surface area contributed by atoms with E-state index in [0.29, 0.717) is 10.7 Å². The molecule has 2 nitrogen and oxygen atoms in total. The summed E-state index contributed by atoms with van der Waals surface area (Å²) in [4.78, 5) is 13.0. The van der Waals surface area contributed by atoms with Gasteiger partial charge in [-0.25, -0.2) is 4.39 Å². The summed E-state index contributed by atoms with van der Waals surface area (Å²) >= 11 is 7.67. The van der Waals surface area contributed by atoms with E-state index in [1.807, 2.05) is 36.4 Å². The molecular formula is C18H13ClFNOS. The molecule has 3 rings (SSSR count). The molecule has 0 spiro atoms. The van der Waals surface area contributed by atoms with Crippen LogP contribution in [0, 0.1) is 5.82 Å². The van der Waals surface area contributed by atoms with Crippen LogP contribution in [0.4, 0.5) is 10.1 Å². The molecule has 0 heterocycles. The van der Waals surface area contributed by atoms with Crippen LogP contribution in [0.2, 0.25) is 5.02 Å². The van der Waals surface area contributed by atoms with E-state index in [0.717, 1.165) is 15.7 Å². The van der Waals surface area contributed by atoms with Crippen molar-refractivity contribution in [3.8, 4) is 0 Å². The number of hydrogen-bond donors (Lipinski definition) is 1. The average molecular weight is 346 g/mol. The molecule has 0 saturated carbocycles. The third-order valence-electron chi connectivity index (χ3n) is 3.28. The van der Waals surface area contributed by atoms with Crippen LogP contribution in [0.15, 0.2) is 65.6 Å². The molecule has 0 unspecified atom stereocenters. The van der Waals surface area contributed by atoms with Crippen LogP contribution >= 0.6 is 23.4 Å². The minimum absolute atomic E-state index is 0.190. The van der Waals surface area contributed by atoms with E-state index >= 15 is 0 Å². The molecule has 0 aliphatic carbocycles. The molecule has 0 bridgehead atoms. The summed E-state index contributed by atoms with van der Waals surface area (Å²) in [5, 5.41) is 5.33. The van der Waals surface area contributed by atoms with Crippen LogP contribution in [0.25, 0.3) is 10.8 Å². The van der Waals surface area contributed by atoms with Crippen molar-refractivity contribution in [1.82, 2.24) is 0 Å². The van der Waals surface area contributed by atoms with Crippen LogP contribution in [0.3, 0.4) is 0 Å². The highest BCUT2D eigenvalue weighted by atomic mass is 35.5. The van der Waals surface area contributed by atoms with Gasteiger partial charge < -0.3 is 5.32 Å². The zero-order valence-electron chi connectivity index (χ0n) is 12.1. The van der Waals surface area contributed by atoms with Gasteiger partial charge in [0.15, 0.2) is 0 Å². The van der Waals surface area contributed by atoms with E-state index < -0.39 is 0 Å². The number of nitrogens with one attached hydrogen (secondary N) is 1. The summed E-state index contributed by atoms with van der Waals surface area (Å²) in [7, 11) is 0. The normalized spacial score (nSPS) is 10.7. The van der Waals surface area contributed by atoms with Gasteiger partial charge in [-0.2, -0.15) is 0 Å². The lowest BCUT2D eigenvalue weighted by molar-refractivity contribution is -0.113. The van der Waals surface area contributed by atoms with Gasteiger partial charge in [0.25, 0.3) is 0 Å². The fraction of sp³-hybridized carbons (Fsp3) is 0.0556. The van der Waals surface area contributed by atoms with Gasteiger partial charge in [-0.3, -0.25) is 4.79 Å². The Hall–Kier alpha value is -2.04. The predicted octanol–water partition coefficient (Wildman–Crippen LogP) is 5.36. The Balaban J connectivity index is 1.72. The second-order valence-corrected chi connectivity index (χ2v) is 6.37. The van der Waals surface area contributed by atoms with Gasteiger partial charge in [-0.05, 0) is 35.7 Å². The van der Waals surface area contributed by atoms with Crippen molar-refractivity contribution in [2.45, 2.75) is 4.90 Å². The van der Waals surface area contributed by atoms with Crippen molar-refractivity contribution >= 4 is 45.7 Å². The van der Waals surface area contributed by atoms with Crippen molar-refractivity contribution in [1.29, 1.82) is 0 Å². The first kappa shape index (κ1) is 15.8. The topological polar surface area (TPSA) is 29.1 Å². The number of anilines is 1. The molecule has 0 radical (unpaired) electrons. The summed E-state index contributed by atoms with van der Waals surface area (Å²) in [6, 6.07) is 17.4. The molecule has 3 aromatic carbocycles. The summed E-state index contributed by atoms with van der Waals surface area (Å²) < 4.78 is 13.1. The number of hydrogen-bond acceptors (Lipinski definition) is 2. The van der Waals surface area contributed by atoms with Crippen LogP contribution < -0.4 is 5.32 Å². The fourth-order valence-electron chi connectivity index (χ4n) is 2.29. The Morgan fingerprint density at radius 2 is 1.83 bits per heavy atom. The minimum Gasteiger partial charge on any atom is -0.325 e. The molecule has 0 aliphatic heterocycles. The maximum atomic E-state index is 13.1. The van der Waals surface area contributed by atoms with Gasteiger partial charge in [0, 0.05) is 21.0 Å². The molecule has 0 aromatic heterocycles. The smallest absolute Gasteiger partial charge is 0.234 e. The average Bonchev–Trinajstić information content (AvgIpc) is 2.53. The molecule has 1 amide bonds. The summed E-state index contributed by atoms with van der Waals surface area (Å²) in [6.07, 6.45) is 0. The van der Waals surface area contributed by atoms with E-state index in [9.17, 15) is 9.18 Å². The summed E-state index contributed by atoms with van der Waals surface area (Å²) in [6.45, 7) is 0. The largest absolute Gasteiger partial charge is 0.325 e. The highest BCUT2D eigenvalue weighted by Gasteiger charge is 2.09. The molecule has 0 saturated heterocycles. The van der Waals surface area contributed by atoms with Crippen molar-refractivity contribution in [2.24, 2.45) is 0 Å². The molecule has 0 aliphatic rings. The third kappa shape index (κ3) is 3.84. The standard InChI is InChI=1S/C18H13ClFNOS/c19-15-8-1-4-12-5-2-9-16(18(12)15)23-11-17(22)21-14-7-3-6-13(20)10-14/h1-10H,11H2,(H,21,22). The van der Waals surface area contributed by atoms with E-state index in [-0.39, 0.29) is 17.5 Å². The number of carbonyl (C=O) groups is 1. The van der Waals surface area contributed by atoms with E-state index in [1.165, 1.54) is 23.9 Å². The van der Waals surface area contributed by atoms with E-state index in [4.69, 9.17) is 11.6 Å². The highest BCUT2D eigenvalue weighted by molar-refractivity contribution is 8.00. The Morgan fingerprint density at radius 1 is 1.09 bits per heavy atom. The van der Waals surface area contributed by atoms with Gasteiger partial charge in [0.1, 0.15) is 5.82 Å². The number of rotatable bonds is 4. The lowest BCUT2D eigenvalue weighted by atomic mass is 10.1. The van der Waals surface area contributed by atoms with Crippen molar-refractivity contribution in [2.75, 3.05) is 11.1 Å². The number of halogens is 2. The number of thioether (sulfide) groups is 1. The lowest BCUT2D eigenvalue weighted by Gasteiger charge is -2.08. The Bertz CT molecular complexity index is 863. The highest BCUT2D eigenvalue weighted by Crippen LogP contribution is 2.33. The van der Waals surface area contributed by atoms with Crippen LogP contribution in [-0.4, -0.2) is 11.7 Å². The van der Waals surface area contributed by atoms with Crippen LogP contribution in [0.5, 0.6) is 0 Å². The number of benzene rings is 3. The summed E-state index contributed by atoms with van der Waals surface area (Å²) in [5.74, 6) is -0.346. The van der Waals surface area contributed by atoms with Gasteiger partial charge in [0.2, 0.25) is 5.91 Å².